The molecule has 2 aromatic carbocycles. The molecule has 28 heavy (non-hydrogen) atoms. The van der Waals surface area contributed by atoms with Crippen molar-refractivity contribution in [3.8, 4) is 0 Å². The molecule has 1 saturated heterocycles. The van der Waals surface area contributed by atoms with E-state index in [1.54, 1.807) is 11.0 Å². The summed E-state index contributed by atoms with van der Waals surface area (Å²) in [5.74, 6) is 0.262. The number of hydrogen-bond donors (Lipinski definition) is 1. The lowest BCUT2D eigenvalue weighted by atomic mass is 9.90. The predicted molar refractivity (Wildman–Crippen MR) is 113 cm³/mol. The molecule has 8 heteroatoms. The molecular weight excluding hydrogens is 398 g/mol. The van der Waals surface area contributed by atoms with Crippen LogP contribution in [0, 0.1) is 16.0 Å². The average molecular weight is 422 g/mol. The number of amides is 1. The monoisotopic (exact) mass is 421 g/mol. The van der Waals surface area contributed by atoms with Crippen molar-refractivity contribution in [2.75, 3.05) is 13.1 Å². The molecule has 2 aromatic rings. The Morgan fingerprint density at radius 1 is 1.21 bits per heavy atom. The molecule has 6 nitrogen and oxygen atoms in total. The van der Waals surface area contributed by atoms with E-state index >= 15 is 0 Å². The number of piperidine rings is 1. The van der Waals surface area contributed by atoms with Crippen LogP contribution in [0.5, 0.6) is 0 Å². The molecule has 1 fully saturated rings. The van der Waals surface area contributed by atoms with Crippen molar-refractivity contribution < 1.29 is 9.72 Å². The second kappa shape index (κ2) is 9.91. The highest BCUT2D eigenvalue weighted by Gasteiger charge is 2.28. The van der Waals surface area contributed by atoms with Crippen molar-refractivity contribution in [3.05, 3.63) is 64.2 Å². The van der Waals surface area contributed by atoms with Gasteiger partial charge < -0.3 is 10.6 Å². The summed E-state index contributed by atoms with van der Waals surface area (Å²) in [6, 6.07) is 14.3. The molecule has 2 N–H and O–H groups in total. The van der Waals surface area contributed by atoms with Crippen molar-refractivity contribution in [2.45, 2.75) is 35.6 Å². The Morgan fingerprint density at radius 3 is 2.43 bits per heavy atom. The number of halogens is 1. The standard InChI is InChI=1S/C20H23N3O3S.ClH/c1-14(21)15-9-11-22(12-10-15)20(24)18-13-16(23(25)26)7-8-19(18)27-17-5-3-2-4-6-17;/h2-8,13-15H,9-12,21H2,1H3;1H. The maximum Gasteiger partial charge on any atom is 0.270 e. The summed E-state index contributed by atoms with van der Waals surface area (Å²) < 4.78 is 0. The lowest BCUT2D eigenvalue weighted by Crippen LogP contribution is -2.42. The van der Waals surface area contributed by atoms with E-state index in [-0.39, 0.29) is 30.0 Å². The lowest BCUT2D eigenvalue weighted by Gasteiger charge is -2.34. The average Bonchev–Trinajstić information content (AvgIpc) is 2.68. The quantitative estimate of drug-likeness (QED) is 0.572. The third-order valence-corrected chi connectivity index (χ3v) is 6.03. The summed E-state index contributed by atoms with van der Waals surface area (Å²) >= 11 is 1.44. The topological polar surface area (TPSA) is 89.5 Å². The number of benzene rings is 2. The van der Waals surface area contributed by atoms with Gasteiger partial charge in [0.05, 0.1) is 10.5 Å². The van der Waals surface area contributed by atoms with E-state index < -0.39 is 4.92 Å². The fraction of sp³-hybridized carbons (Fsp3) is 0.350. The van der Waals surface area contributed by atoms with Crippen LogP contribution in [-0.4, -0.2) is 34.9 Å². The Labute approximate surface area is 175 Å². The van der Waals surface area contributed by atoms with E-state index in [9.17, 15) is 14.9 Å². The summed E-state index contributed by atoms with van der Waals surface area (Å²) in [6.45, 7) is 3.25. The Morgan fingerprint density at radius 2 is 1.86 bits per heavy atom. The molecular formula is C20H24ClN3O3S. The Balaban J connectivity index is 0.00000280. The summed E-state index contributed by atoms with van der Waals surface area (Å²) in [4.78, 5) is 27.4. The van der Waals surface area contributed by atoms with Crippen molar-refractivity contribution >= 4 is 35.8 Å². The molecule has 1 unspecified atom stereocenters. The van der Waals surface area contributed by atoms with Gasteiger partial charge in [0.2, 0.25) is 0 Å². The van der Waals surface area contributed by atoms with Crippen LogP contribution in [0.15, 0.2) is 58.3 Å². The maximum atomic E-state index is 13.1. The van der Waals surface area contributed by atoms with E-state index in [1.807, 2.05) is 37.3 Å². The maximum absolute atomic E-state index is 13.1. The third-order valence-electron chi connectivity index (χ3n) is 4.95. The summed E-state index contributed by atoms with van der Waals surface area (Å²) in [7, 11) is 0. The molecule has 0 saturated carbocycles. The number of carbonyl (C=O) groups is 1. The van der Waals surface area contributed by atoms with Crippen molar-refractivity contribution in [2.24, 2.45) is 11.7 Å². The van der Waals surface area contributed by atoms with E-state index in [0.717, 1.165) is 22.6 Å². The van der Waals surface area contributed by atoms with Crippen LogP contribution in [0.3, 0.4) is 0 Å². The number of rotatable bonds is 5. The molecule has 1 aliphatic rings. The minimum atomic E-state index is -0.462. The van der Waals surface area contributed by atoms with Crippen LogP contribution in [-0.2, 0) is 0 Å². The van der Waals surface area contributed by atoms with E-state index in [1.165, 1.54) is 23.9 Å². The minimum absolute atomic E-state index is 0. The fourth-order valence-electron chi connectivity index (χ4n) is 3.30. The molecule has 1 amide bonds. The number of nitro benzene ring substituents is 1. The van der Waals surface area contributed by atoms with Gasteiger partial charge in [-0.15, -0.1) is 12.4 Å². The van der Waals surface area contributed by atoms with Gasteiger partial charge in [-0.1, -0.05) is 30.0 Å². The van der Waals surface area contributed by atoms with Gasteiger partial charge in [-0.2, -0.15) is 0 Å². The van der Waals surface area contributed by atoms with Crippen molar-refractivity contribution in [1.82, 2.24) is 4.90 Å². The van der Waals surface area contributed by atoms with E-state index in [0.29, 0.717) is 24.6 Å². The third kappa shape index (κ3) is 5.25. The molecule has 3 rings (SSSR count). The smallest absolute Gasteiger partial charge is 0.270 e. The van der Waals surface area contributed by atoms with Gasteiger partial charge in [-0.25, -0.2) is 0 Å². The number of non-ortho nitro benzene ring substituents is 1. The zero-order valence-electron chi connectivity index (χ0n) is 15.6. The van der Waals surface area contributed by atoms with Crippen LogP contribution in [0.2, 0.25) is 0 Å². The van der Waals surface area contributed by atoms with Crippen LogP contribution in [0.4, 0.5) is 5.69 Å². The van der Waals surface area contributed by atoms with Gasteiger partial charge >= 0.3 is 0 Å². The minimum Gasteiger partial charge on any atom is -0.339 e. The number of nitro groups is 1. The fourth-order valence-corrected chi connectivity index (χ4v) is 4.24. The molecule has 1 aliphatic heterocycles. The number of nitrogens with zero attached hydrogens (tertiary/aromatic N) is 2. The zero-order chi connectivity index (χ0) is 19.4. The molecule has 1 atom stereocenters. The Bertz CT molecular complexity index is 825. The van der Waals surface area contributed by atoms with Gasteiger partial charge in [0.25, 0.3) is 11.6 Å². The molecule has 0 bridgehead atoms. The SMILES string of the molecule is CC(N)C1CCN(C(=O)c2cc([N+](=O)[O-])ccc2Sc2ccccc2)CC1.Cl. The summed E-state index contributed by atoms with van der Waals surface area (Å²) in [6.07, 6.45) is 1.72. The molecule has 0 aromatic heterocycles. The van der Waals surface area contributed by atoms with Crippen LogP contribution < -0.4 is 5.73 Å². The highest BCUT2D eigenvalue weighted by atomic mass is 35.5. The number of nitrogens with two attached hydrogens (primary N) is 1. The number of carbonyl (C=O) groups excluding carboxylic acids is 1. The second-order valence-corrected chi connectivity index (χ2v) is 7.96. The predicted octanol–water partition coefficient (Wildman–Crippen LogP) is 4.37. The first-order valence-corrected chi connectivity index (χ1v) is 9.83. The molecule has 0 radical (unpaired) electrons. The first kappa shape index (κ1) is 22.2. The normalized spacial score (nSPS) is 15.6. The Kier molecular flexibility index (Phi) is 7.86. The van der Waals surface area contributed by atoms with Crippen LogP contribution in [0.25, 0.3) is 0 Å². The van der Waals surface area contributed by atoms with Crippen molar-refractivity contribution in [3.63, 3.8) is 0 Å². The van der Waals surface area contributed by atoms with Gasteiger partial charge in [0.1, 0.15) is 0 Å². The summed E-state index contributed by atoms with van der Waals surface area (Å²) in [5, 5.41) is 11.2. The first-order valence-electron chi connectivity index (χ1n) is 9.02. The van der Waals surface area contributed by atoms with Crippen LogP contribution in [0.1, 0.15) is 30.1 Å². The molecule has 0 aliphatic carbocycles. The van der Waals surface area contributed by atoms with Gasteiger partial charge in [-0.3, -0.25) is 14.9 Å². The second-order valence-electron chi connectivity index (χ2n) is 6.84. The zero-order valence-corrected chi connectivity index (χ0v) is 17.2. The van der Waals surface area contributed by atoms with Gasteiger partial charge in [-0.05, 0) is 43.9 Å². The summed E-state index contributed by atoms with van der Waals surface area (Å²) in [5.41, 5.74) is 6.30. The van der Waals surface area contributed by atoms with Gasteiger partial charge in [0.15, 0.2) is 0 Å². The number of likely N-dealkylation sites (tertiary alicyclic amines) is 1. The van der Waals surface area contributed by atoms with E-state index in [4.69, 9.17) is 5.73 Å². The van der Waals surface area contributed by atoms with Gasteiger partial charge in [0, 0.05) is 41.1 Å². The molecule has 150 valence electrons. The molecule has 1 heterocycles. The van der Waals surface area contributed by atoms with Crippen molar-refractivity contribution in [1.29, 1.82) is 0 Å². The van der Waals surface area contributed by atoms with Crippen LogP contribution >= 0.6 is 24.2 Å². The van der Waals surface area contributed by atoms with E-state index in [2.05, 4.69) is 0 Å². The number of hydrogen-bond acceptors (Lipinski definition) is 5. The Hall–Kier alpha value is -2.09. The first-order chi connectivity index (χ1) is 13.0. The lowest BCUT2D eigenvalue weighted by molar-refractivity contribution is -0.384. The highest BCUT2D eigenvalue weighted by Crippen LogP contribution is 2.34. The largest absolute Gasteiger partial charge is 0.339 e. The highest BCUT2D eigenvalue weighted by molar-refractivity contribution is 7.99. The molecule has 0 spiro atoms.